The highest BCUT2D eigenvalue weighted by Crippen LogP contribution is 2.78. The number of allylic oxidation sites excluding steroid dienone is 12. The molecule has 0 spiro atoms. The second-order valence-electron chi connectivity index (χ2n) is 38.2. The van der Waals surface area contributed by atoms with Crippen molar-refractivity contribution in [2.75, 3.05) is 59.1 Å². The number of ketones is 6. The maximum absolute atomic E-state index is 17.6. The third kappa shape index (κ3) is 12.7. The van der Waals surface area contributed by atoms with Gasteiger partial charge in [0.2, 0.25) is 0 Å². The van der Waals surface area contributed by atoms with Gasteiger partial charge in [-0.3, -0.25) is 52.7 Å². The average molecular weight is 1730 g/mol. The number of benzene rings is 3. The molecule has 27 atom stereocenters. The van der Waals surface area contributed by atoms with Crippen molar-refractivity contribution in [1.82, 2.24) is 15.1 Å². The summed E-state index contributed by atoms with van der Waals surface area (Å²) in [7, 11) is 0. The number of carbonyl (C=O) groups is 11. The van der Waals surface area contributed by atoms with Crippen LogP contribution in [0.25, 0.3) is 0 Å². The van der Waals surface area contributed by atoms with Crippen molar-refractivity contribution in [1.29, 1.82) is 0 Å². The lowest BCUT2D eigenvalue weighted by molar-refractivity contribution is -0.212. The Morgan fingerprint density at radius 3 is 1.09 bits per heavy atom. The van der Waals surface area contributed by atoms with Crippen LogP contribution in [0.15, 0.2) is 162 Å². The molecule has 18 rings (SSSR count). The van der Waals surface area contributed by atoms with E-state index in [1.165, 1.54) is 56.4 Å². The molecule has 20 nitrogen and oxygen atoms in total. The summed E-state index contributed by atoms with van der Waals surface area (Å²) < 4.78 is 109. The molecule has 9 saturated carbocycles. The fourth-order valence-corrected chi connectivity index (χ4v) is 28.0. The Balaban J connectivity index is 0.000000142. The van der Waals surface area contributed by atoms with Gasteiger partial charge in [-0.1, -0.05) is 106 Å². The van der Waals surface area contributed by atoms with Gasteiger partial charge in [0.05, 0.1) is 34.6 Å². The molecule has 5 N–H and O–H groups in total. The molecule has 3 heterocycles. The predicted molar refractivity (Wildman–Crippen MR) is 437 cm³/mol. The molecule has 0 bridgehead atoms. The number of hydrogen-bond donors (Lipinski definition) is 5. The Labute approximate surface area is 715 Å². The molecule has 15 aliphatic rings. The van der Waals surface area contributed by atoms with Crippen LogP contribution in [-0.2, 0) is 47.8 Å². The summed E-state index contributed by atoms with van der Waals surface area (Å²) in [4.78, 5) is 141. The second kappa shape index (κ2) is 31.6. The molecule has 654 valence electrons. The summed E-state index contributed by atoms with van der Waals surface area (Å²) in [6, 6.07) is 26.2. The summed E-state index contributed by atoms with van der Waals surface area (Å²) in [5.74, 6) is -8.62. The molecule has 3 aliphatic heterocycles. The number of ether oxygens (including phenoxy) is 2. The summed E-state index contributed by atoms with van der Waals surface area (Å²) in [5, 5.41) is 47.7. The number of alkyl halides is 6. The third-order valence-electron chi connectivity index (χ3n) is 33.4. The van der Waals surface area contributed by atoms with Crippen molar-refractivity contribution < 1.29 is 109 Å². The van der Waals surface area contributed by atoms with E-state index in [9.17, 15) is 73.2 Å². The number of amides is 2. The molecule has 0 radical (unpaired) electrons. The molecule has 122 heavy (non-hydrogen) atoms. The fourth-order valence-electron chi connectivity index (χ4n) is 27.9. The van der Waals surface area contributed by atoms with E-state index in [-0.39, 0.29) is 147 Å². The molecule has 12 fully saturated rings. The highest BCUT2D eigenvalue weighted by Gasteiger charge is 2.82. The van der Waals surface area contributed by atoms with Crippen molar-refractivity contribution in [3.05, 3.63) is 179 Å². The number of Topliss-reactive ketones (excluding diaryl/α,β-unsaturated/α-hetero) is 3. The van der Waals surface area contributed by atoms with E-state index in [0.29, 0.717) is 49.0 Å². The first kappa shape index (κ1) is 89.9. The molecule has 2 amide bonds. The fraction of sp³-hybridized carbons (Fsp3) is 0.564. The van der Waals surface area contributed by atoms with Crippen LogP contribution in [0.3, 0.4) is 0 Å². The van der Waals surface area contributed by atoms with Crippen LogP contribution >= 0.6 is 24.0 Å². The number of nitrogens with zero attached hydrogens (tertiary/aromatic N) is 2. The van der Waals surface area contributed by atoms with Crippen molar-refractivity contribution in [2.24, 2.45) is 102 Å². The van der Waals surface area contributed by atoms with Crippen LogP contribution in [0.4, 0.5) is 26.3 Å². The van der Waals surface area contributed by atoms with Gasteiger partial charge in [0.25, 0.3) is 17.1 Å². The molecule has 0 unspecified atom stereocenters. The molecule has 0 aromatic heterocycles. The minimum atomic E-state index is -2.26. The van der Waals surface area contributed by atoms with Gasteiger partial charge in [-0.2, -0.15) is 0 Å². The van der Waals surface area contributed by atoms with Crippen molar-refractivity contribution in [3.63, 3.8) is 0 Å². The number of halogens is 8. The largest absolute Gasteiger partial charge is 0.458 e. The zero-order valence-corrected chi connectivity index (χ0v) is 70.9. The topological polar surface area (TPSA) is 306 Å². The predicted octanol–water partition coefficient (Wildman–Crippen LogP) is 11.8. The third-order valence-corrected chi connectivity index (χ3v) is 33.7. The first-order valence-electron chi connectivity index (χ1n) is 42.0. The van der Waals surface area contributed by atoms with Crippen LogP contribution in [0, 0.1) is 102 Å². The van der Waals surface area contributed by atoms with E-state index >= 15 is 26.3 Å². The number of nitrogens with one attached hydrogen (secondary N) is 1. The summed E-state index contributed by atoms with van der Waals surface area (Å²) in [6.07, 6.45) is 2.88. The van der Waals surface area contributed by atoms with E-state index < -0.39 is 186 Å². The molecular weight excluding hydrogens is 1630 g/mol. The quantitative estimate of drug-likeness (QED) is 0.0677. The van der Waals surface area contributed by atoms with E-state index in [4.69, 9.17) is 21.1 Å². The van der Waals surface area contributed by atoms with Gasteiger partial charge in [0.15, 0.2) is 64.9 Å². The Hall–Kier alpha value is -8.37. The van der Waals surface area contributed by atoms with Crippen molar-refractivity contribution in [3.8, 4) is 0 Å². The SMILES string of the molecule is CC(=O)OCC(=O)[C@@]12CN(C(=O)c3ccccc3)C[C@@H]1C[C@H]1[C@@H]3C[C@H](F)C4=CC(=O)C=C[C@]4(C)[C@@]3(F)[C@@H](O)C[C@@]12C.CC(=O)OCC(=O)[C@@]12CNC[C@@H]1C[C@H]1[C@@H]3C[C@H](F)C4=CC(=O)C=C[C@]4(C)[C@@]3(F)[C@@H](O)C[C@@]12C.C[C@]12C=CC(=O)C=C1[C@@H](F)C[C@H]1[C@@H]3C[C@H]4CN(C(=O)c5ccccc5)C[C@@]4(C(=O)CO)[C@@]3(C)C[C@H](O)[C@@]12F.Cl.O=C(Cl)c1ccccc1. The minimum absolute atomic E-state index is 0. The normalized spacial score (nSPS) is 42.5. The Kier molecular flexibility index (Phi) is 23.3. The van der Waals surface area contributed by atoms with Gasteiger partial charge in [0.1, 0.15) is 25.1 Å². The van der Waals surface area contributed by atoms with Gasteiger partial charge in [0, 0.05) is 97.3 Å². The van der Waals surface area contributed by atoms with Gasteiger partial charge in [-0.05, 0) is 226 Å². The smallest absolute Gasteiger partial charge is 0.303 e. The minimum Gasteiger partial charge on any atom is -0.458 e. The number of likely N-dealkylation sites (tertiary alicyclic amines) is 2. The summed E-state index contributed by atoms with van der Waals surface area (Å²) in [5.41, 5.74) is -15.5. The van der Waals surface area contributed by atoms with Crippen LogP contribution in [0.5, 0.6) is 0 Å². The van der Waals surface area contributed by atoms with Crippen LogP contribution in [-0.4, -0.2) is 207 Å². The molecule has 3 saturated heterocycles. The first-order chi connectivity index (χ1) is 56.9. The summed E-state index contributed by atoms with van der Waals surface area (Å²) >= 11 is 5.16. The number of fused-ring (bicyclic) bond motifs is 21. The van der Waals surface area contributed by atoms with Crippen LogP contribution < -0.4 is 5.32 Å². The lowest BCUT2D eigenvalue weighted by atomic mass is 9.43. The van der Waals surface area contributed by atoms with E-state index in [1.807, 2.05) is 32.9 Å². The molecule has 3 aromatic rings. The molecule has 3 aromatic carbocycles. The van der Waals surface area contributed by atoms with Crippen LogP contribution in [0.2, 0.25) is 0 Å². The number of esters is 2. The lowest BCUT2D eigenvalue weighted by Crippen LogP contribution is -2.69. The standard InChI is InChI=1S/C32H35F2NO6.C30H33F2NO5.C25H31F2NO5.C7H5ClO.ClH/c1-18(36)41-16-27(39)31-17-35(28(40)19-7-5-4-6-8-19)15-20(31)11-22-23-13-25(33)24-12-21(37)9-10-29(24,2)32(23,34)26(38)14-30(22,31)3;1-27-9-8-19(35)11-22(27)23(31)12-21-20-10-18-14-33(26(38)17-6-4-3-5-7-17)16-29(18,25(37)15-34)28(20,2)13-24(36)30(21,27)32;1-13(29)33-11-21(32)24-12-28-10-14(24)6-16-17-8-19(26)18-7-15(30)4-5-22(18,2)25(17,27)20(31)9-23(16,24)3;8-7(9)6-4-2-1-3-5-6;/h4-10,12,20,22-23,25-26,38H,11,13-17H2,1-3H3;3-9,11,18,20-21,23-24,34,36H,10,12-16H2,1-2H3;4-5,7,14,16-17,19-20,28,31H,6,8-12H2,1-3H3;1-5H;1H/t20-,22-,23-,25-,26-,29-,30-,31+,32-;18-,20-,21-,23-,24-,27-,28-,29+,30-;14-,16-,17-,19-,20-,22-,23-,24+,25-;;/m000../s1. The van der Waals surface area contributed by atoms with Gasteiger partial charge in [-0.25, -0.2) is 26.3 Å². The van der Waals surface area contributed by atoms with E-state index in [2.05, 4.69) is 5.32 Å². The van der Waals surface area contributed by atoms with Gasteiger partial charge >= 0.3 is 11.9 Å². The van der Waals surface area contributed by atoms with Crippen LogP contribution in [0.1, 0.15) is 144 Å². The highest BCUT2D eigenvalue weighted by atomic mass is 35.5. The number of carbonyl (C=O) groups excluding carboxylic acids is 11. The maximum atomic E-state index is 17.6. The molecular formula is C94H105Cl2F6N3O17. The first-order valence-corrected chi connectivity index (χ1v) is 42.3. The Morgan fingerprint density at radius 1 is 0.459 bits per heavy atom. The number of hydrogen-bond acceptors (Lipinski definition) is 18. The number of aliphatic hydroxyl groups excluding tert-OH is 4. The lowest BCUT2D eigenvalue weighted by Gasteiger charge is -2.63. The number of aliphatic hydroxyl groups is 4. The Bertz CT molecular complexity index is 5020. The molecule has 12 aliphatic carbocycles. The maximum Gasteiger partial charge on any atom is 0.303 e. The second-order valence-corrected chi connectivity index (χ2v) is 38.5. The number of rotatable bonds is 11. The van der Waals surface area contributed by atoms with E-state index in [1.54, 1.807) is 109 Å². The zero-order chi connectivity index (χ0) is 87.4. The van der Waals surface area contributed by atoms with Crippen molar-refractivity contribution in [2.45, 2.75) is 167 Å². The zero-order valence-electron chi connectivity index (χ0n) is 69.3. The van der Waals surface area contributed by atoms with E-state index in [0.717, 1.165) is 12.2 Å². The average Bonchev–Trinajstić information content (AvgIpc) is 1.46. The van der Waals surface area contributed by atoms with Gasteiger partial charge < -0.3 is 45.0 Å². The molecule has 28 heteroatoms. The highest BCUT2D eigenvalue weighted by molar-refractivity contribution is 6.67. The Morgan fingerprint density at radius 2 is 0.770 bits per heavy atom. The van der Waals surface area contributed by atoms with Gasteiger partial charge in [-0.15, -0.1) is 12.4 Å². The monoisotopic (exact) mass is 1730 g/mol. The van der Waals surface area contributed by atoms with Crippen molar-refractivity contribution >= 4 is 87.7 Å². The summed E-state index contributed by atoms with van der Waals surface area (Å²) in [6.45, 7) is 12.7.